The molecule has 1 aliphatic rings. The topological polar surface area (TPSA) is 70.6 Å². The molecule has 1 saturated heterocycles. The van der Waals surface area contributed by atoms with E-state index in [2.05, 4.69) is 20.3 Å². The lowest BCUT2D eigenvalue weighted by Gasteiger charge is -2.35. The van der Waals surface area contributed by atoms with Gasteiger partial charge >= 0.3 is 12.4 Å². The summed E-state index contributed by atoms with van der Waals surface area (Å²) in [4.78, 5) is 16.0. The van der Waals surface area contributed by atoms with E-state index in [0.717, 1.165) is 23.5 Å². The van der Waals surface area contributed by atoms with Gasteiger partial charge in [0.1, 0.15) is 5.75 Å². The Balaban J connectivity index is 1.54. The van der Waals surface area contributed by atoms with Gasteiger partial charge in [-0.15, -0.1) is 23.4 Å². The van der Waals surface area contributed by atoms with Crippen LogP contribution in [0.25, 0.3) is 0 Å². The normalized spacial score (nSPS) is 14.8. The summed E-state index contributed by atoms with van der Waals surface area (Å²) in [6, 6.07) is 6.38. The molecule has 11 heteroatoms. The zero-order valence-electron chi connectivity index (χ0n) is 14.8. The summed E-state index contributed by atoms with van der Waals surface area (Å²) < 4.78 is 40.3. The summed E-state index contributed by atoms with van der Waals surface area (Å²) in [5.41, 5.74) is 1.28. The average Bonchev–Trinajstić information content (AvgIpc) is 2.62. The van der Waals surface area contributed by atoms with Gasteiger partial charge in [-0.2, -0.15) is 0 Å². The minimum Gasteiger partial charge on any atom is -0.406 e. The molecule has 2 heterocycles. The Morgan fingerprint density at radius 3 is 2.36 bits per heavy atom. The number of amides is 2. The molecule has 1 aromatic heterocycles. The number of carbonyl (C=O) groups excluding carboxylic acids is 1. The van der Waals surface area contributed by atoms with Crippen molar-refractivity contribution in [1.29, 1.82) is 0 Å². The number of piperazine rings is 1. The van der Waals surface area contributed by atoms with Crippen LogP contribution in [-0.4, -0.2) is 53.7 Å². The molecule has 0 radical (unpaired) electrons. The highest BCUT2D eigenvalue weighted by Crippen LogP contribution is 2.24. The van der Waals surface area contributed by atoms with Gasteiger partial charge in [-0.05, 0) is 42.8 Å². The summed E-state index contributed by atoms with van der Waals surface area (Å²) in [5, 5.41) is 10.9. The molecule has 0 aliphatic carbocycles. The van der Waals surface area contributed by atoms with Crippen molar-refractivity contribution < 1.29 is 22.7 Å². The number of carbonyl (C=O) groups is 1. The van der Waals surface area contributed by atoms with Gasteiger partial charge in [-0.25, -0.2) is 4.79 Å². The number of halogens is 4. The monoisotopic (exact) mass is 415 g/mol. The number of urea groups is 1. The second-order valence-electron chi connectivity index (χ2n) is 6.15. The van der Waals surface area contributed by atoms with E-state index in [1.165, 1.54) is 12.1 Å². The summed E-state index contributed by atoms with van der Waals surface area (Å²) >= 11 is 5.82. The van der Waals surface area contributed by atoms with Crippen molar-refractivity contribution in [2.24, 2.45) is 0 Å². The SMILES string of the molecule is Cc1cc(Cl)nnc1N1CCN(C(=O)Nc2ccc(OC(F)(F)F)cc2)CC1. The zero-order chi connectivity index (χ0) is 20.3. The number of nitrogens with one attached hydrogen (secondary N) is 1. The van der Waals surface area contributed by atoms with Crippen molar-refractivity contribution >= 4 is 29.1 Å². The smallest absolute Gasteiger partial charge is 0.406 e. The number of benzene rings is 1. The number of ether oxygens (including phenoxy) is 1. The lowest BCUT2D eigenvalue weighted by Crippen LogP contribution is -2.50. The van der Waals surface area contributed by atoms with Gasteiger partial charge in [0.15, 0.2) is 11.0 Å². The first kappa shape index (κ1) is 20.0. The lowest BCUT2D eigenvalue weighted by atomic mass is 10.2. The highest BCUT2D eigenvalue weighted by atomic mass is 35.5. The predicted octanol–water partition coefficient (Wildman–Crippen LogP) is 3.69. The van der Waals surface area contributed by atoms with Crippen LogP contribution < -0.4 is 15.0 Å². The third-order valence-electron chi connectivity index (χ3n) is 4.13. The first-order valence-corrected chi connectivity index (χ1v) is 8.75. The molecule has 2 aromatic rings. The first-order chi connectivity index (χ1) is 13.2. The van der Waals surface area contributed by atoms with Gasteiger partial charge in [0.2, 0.25) is 0 Å². The lowest BCUT2D eigenvalue weighted by molar-refractivity contribution is -0.274. The van der Waals surface area contributed by atoms with Crippen LogP contribution in [0, 0.1) is 6.92 Å². The Labute approximate surface area is 164 Å². The molecular weight excluding hydrogens is 399 g/mol. The van der Waals surface area contributed by atoms with Crippen LogP contribution in [0.2, 0.25) is 5.15 Å². The van der Waals surface area contributed by atoms with Crippen molar-refractivity contribution in [2.75, 3.05) is 36.4 Å². The number of aromatic nitrogens is 2. The van der Waals surface area contributed by atoms with E-state index < -0.39 is 6.36 Å². The number of hydrogen-bond donors (Lipinski definition) is 1. The van der Waals surface area contributed by atoms with Crippen molar-refractivity contribution in [3.8, 4) is 5.75 Å². The van der Waals surface area contributed by atoms with E-state index in [-0.39, 0.29) is 11.8 Å². The summed E-state index contributed by atoms with van der Waals surface area (Å²) in [7, 11) is 0. The molecule has 1 N–H and O–H groups in total. The highest BCUT2D eigenvalue weighted by Gasteiger charge is 2.31. The highest BCUT2D eigenvalue weighted by molar-refractivity contribution is 6.29. The van der Waals surface area contributed by atoms with E-state index in [4.69, 9.17) is 11.6 Å². The van der Waals surface area contributed by atoms with E-state index in [1.807, 2.05) is 11.8 Å². The minimum atomic E-state index is -4.75. The fraction of sp³-hybridized carbons (Fsp3) is 0.353. The van der Waals surface area contributed by atoms with Gasteiger partial charge in [0, 0.05) is 31.9 Å². The molecule has 3 rings (SSSR count). The van der Waals surface area contributed by atoms with Gasteiger partial charge in [0.05, 0.1) is 0 Å². The molecule has 0 spiro atoms. The minimum absolute atomic E-state index is 0.325. The first-order valence-electron chi connectivity index (χ1n) is 8.38. The van der Waals surface area contributed by atoms with Gasteiger partial charge in [-0.3, -0.25) is 0 Å². The second-order valence-corrected chi connectivity index (χ2v) is 6.54. The number of alkyl halides is 3. The molecule has 0 unspecified atom stereocenters. The Morgan fingerprint density at radius 2 is 1.79 bits per heavy atom. The van der Waals surface area contributed by atoms with Crippen LogP contribution in [0.4, 0.5) is 29.5 Å². The van der Waals surface area contributed by atoms with Crippen molar-refractivity contribution in [2.45, 2.75) is 13.3 Å². The van der Waals surface area contributed by atoms with Crippen LogP contribution in [0.5, 0.6) is 5.75 Å². The van der Waals surface area contributed by atoms with Crippen LogP contribution in [0.3, 0.4) is 0 Å². The van der Waals surface area contributed by atoms with Crippen molar-refractivity contribution in [3.63, 3.8) is 0 Å². The van der Waals surface area contributed by atoms with E-state index >= 15 is 0 Å². The maximum absolute atomic E-state index is 12.4. The fourth-order valence-corrected chi connectivity index (χ4v) is 3.02. The quantitative estimate of drug-likeness (QED) is 0.827. The third kappa shape index (κ3) is 5.16. The number of rotatable bonds is 3. The van der Waals surface area contributed by atoms with Gasteiger partial charge in [-0.1, -0.05) is 11.6 Å². The average molecular weight is 416 g/mol. The summed E-state index contributed by atoms with van der Waals surface area (Å²) in [6.07, 6.45) is -4.75. The number of hydrogen-bond acceptors (Lipinski definition) is 5. The zero-order valence-corrected chi connectivity index (χ0v) is 15.6. The maximum atomic E-state index is 12.4. The summed E-state index contributed by atoms with van der Waals surface area (Å²) in [5.74, 6) is 0.378. The maximum Gasteiger partial charge on any atom is 0.573 e. The molecule has 0 atom stereocenters. The van der Waals surface area contributed by atoms with E-state index in [0.29, 0.717) is 37.0 Å². The molecule has 1 aliphatic heterocycles. The van der Waals surface area contributed by atoms with Crippen molar-refractivity contribution in [1.82, 2.24) is 15.1 Å². The number of anilines is 2. The van der Waals surface area contributed by atoms with Crippen LogP contribution in [0.15, 0.2) is 30.3 Å². The van der Waals surface area contributed by atoms with E-state index in [1.54, 1.807) is 11.0 Å². The van der Waals surface area contributed by atoms with Gasteiger partial charge in [0.25, 0.3) is 0 Å². The molecule has 28 heavy (non-hydrogen) atoms. The molecule has 7 nitrogen and oxygen atoms in total. The molecular formula is C17H17ClF3N5O2. The van der Waals surface area contributed by atoms with Crippen LogP contribution >= 0.6 is 11.6 Å². The van der Waals surface area contributed by atoms with Crippen LogP contribution in [0.1, 0.15) is 5.56 Å². The molecule has 0 saturated carbocycles. The summed E-state index contributed by atoms with van der Waals surface area (Å²) in [6.45, 7) is 3.96. The molecule has 0 bridgehead atoms. The fourth-order valence-electron chi connectivity index (χ4n) is 2.82. The standard InChI is InChI=1S/C17H17ClF3N5O2/c1-11-10-14(18)23-24-15(11)25-6-8-26(9-7-25)16(27)22-12-2-4-13(5-3-12)28-17(19,20)21/h2-5,10H,6-9H2,1H3,(H,22,27). The van der Waals surface area contributed by atoms with Crippen molar-refractivity contribution in [3.05, 3.63) is 41.0 Å². The Kier molecular flexibility index (Phi) is 5.78. The Morgan fingerprint density at radius 1 is 1.14 bits per heavy atom. The predicted molar refractivity (Wildman–Crippen MR) is 97.7 cm³/mol. The Bertz CT molecular complexity index is 840. The second kappa shape index (κ2) is 8.09. The van der Waals surface area contributed by atoms with Gasteiger partial charge < -0.3 is 19.9 Å². The van der Waals surface area contributed by atoms with E-state index in [9.17, 15) is 18.0 Å². The van der Waals surface area contributed by atoms with Crippen LogP contribution in [-0.2, 0) is 0 Å². The number of aryl methyl sites for hydroxylation is 1. The third-order valence-corrected chi connectivity index (χ3v) is 4.32. The molecule has 2 amide bonds. The Hall–Kier alpha value is -2.75. The molecule has 1 fully saturated rings. The number of nitrogens with zero attached hydrogens (tertiary/aromatic N) is 4. The largest absolute Gasteiger partial charge is 0.573 e. The molecule has 150 valence electrons. The molecule has 1 aromatic carbocycles.